The number of amidine groups is 1. The lowest BCUT2D eigenvalue weighted by Crippen LogP contribution is -2.26. The molecule has 0 atom stereocenters. The molecule has 0 spiro atoms. The summed E-state index contributed by atoms with van der Waals surface area (Å²) in [4.78, 5) is 18.7. The van der Waals surface area contributed by atoms with Crippen LogP contribution < -0.4 is 16.4 Å². The molecule has 25 heavy (non-hydrogen) atoms. The second kappa shape index (κ2) is 8.99. The van der Waals surface area contributed by atoms with Gasteiger partial charge in [0.1, 0.15) is 0 Å². The van der Waals surface area contributed by atoms with Gasteiger partial charge < -0.3 is 16.4 Å². The van der Waals surface area contributed by atoms with Crippen LogP contribution in [0, 0.1) is 6.92 Å². The van der Waals surface area contributed by atoms with Crippen molar-refractivity contribution in [3.63, 3.8) is 0 Å². The molecule has 2 aromatic carbocycles. The third-order valence-electron chi connectivity index (χ3n) is 4.06. The van der Waals surface area contributed by atoms with E-state index in [1.807, 2.05) is 55.5 Å². The van der Waals surface area contributed by atoms with E-state index in [2.05, 4.69) is 4.99 Å². The van der Waals surface area contributed by atoms with E-state index < -0.39 is 0 Å². The highest BCUT2D eigenvalue weighted by Gasteiger charge is 2.14. The quantitative estimate of drug-likeness (QED) is 0.461. The topological polar surface area (TPSA) is 84.7 Å². The zero-order valence-corrected chi connectivity index (χ0v) is 14.9. The number of nitrogens with zero attached hydrogens (tertiary/aromatic N) is 2. The fourth-order valence-corrected chi connectivity index (χ4v) is 2.48. The van der Waals surface area contributed by atoms with Crippen molar-refractivity contribution < 1.29 is 4.79 Å². The maximum Gasteiger partial charge on any atom is 0.258 e. The number of carbonyl (C=O) groups excluding carboxylic acids is 1. The standard InChI is InChI=1S/C20H26N4O/c1-15-11-12-17(14-18(15)23-19(22)10-6-7-13-21)24(2)20(25)16-8-4-3-5-9-16/h3-5,8-9,11-12,14H,6-7,10,13,21H2,1-2H3,(H2,22,23). The van der Waals surface area contributed by atoms with Crippen molar-refractivity contribution in [2.45, 2.75) is 26.2 Å². The molecule has 0 aromatic heterocycles. The molecule has 2 rings (SSSR count). The van der Waals surface area contributed by atoms with Crippen LogP contribution >= 0.6 is 0 Å². The number of carbonyl (C=O) groups is 1. The third kappa shape index (κ3) is 5.16. The lowest BCUT2D eigenvalue weighted by molar-refractivity contribution is 0.0993. The second-order valence-electron chi connectivity index (χ2n) is 6.05. The van der Waals surface area contributed by atoms with Gasteiger partial charge in [0.15, 0.2) is 0 Å². The highest BCUT2D eigenvalue weighted by Crippen LogP contribution is 2.26. The number of unbranched alkanes of at least 4 members (excludes halogenated alkanes) is 1. The van der Waals surface area contributed by atoms with E-state index in [0.717, 1.165) is 36.2 Å². The van der Waals surface area contributed by atoms with Crippen molar-refractivity contribution >= 4 is 23.1 Å². The van der Waals surface area contributed by atoms with Crippen molar-refractivity contribution in [3.05, 3.63) is 59.7 Å². The summed E-state index contributed by atoms with van der Waals surface area (Å²) in [7, 11) is 1.76. The Bertz CT molecular complexity index is 741. The maximum absolute atomic E-state index is 12.6. The van der Waals surface area contributed by atoms with E-state index in [0.29, 0.717) is 17.9 Å². The van der Waals surface area contributed by atoms with Crippen LogP contribution in [0.5, 0.6) is 0 Å². The number of amides is 1. The molecule has 0 aliphatic carbocycles. The van der Waals surface area contributed by atoms with Crippen molar-refractivity contribution in [1.82, 2.24) is 0 Å². The van der Waals surface area contributed by atoms with Crippen molar-refractivity contribution in [2.24, 2.45) is 16.5 Å². The Hall–Kier alpha value is -2.66. The molecule has 2 aromatic rings. The molecule has 1 amide bonds. The molecule has 0 aliphatic rings. The van der Waals surface area contributed by atoms with Crippen LogP contribution in [0.3, 0.4) is 0 Å². The first-order valence-corrected chi connectivity index (χ1v) is 8.49. The Morgan fingerprint density at radius 1 is 1.12 bits per heavy atom. The van der Waals surface area contributed by atoms with E-state index in [4.69, 9.17) is 11.5 Å². The molecular formula is C20H26N4O. The number of aliphatic imine (C=N–C) groups is 1. The predicted octanol–water partition coefficient (Wildman–Crippen LogP) is 3.39. The molecule has 0 saturated heterocycles. The monoisotopic (exact) mass is 338 g/mol. The van der Waals surface area contributed by atoms with Crippen LogP contribution in [-0.4, -0.2) is 25.3 Å². The zero-order chi connectivity index (χ0) is 18.2. The molecule has 5 heteroatoms. The third-order valence-corrected chi connectivity index (χ3v) is 4.06. The summed E-state index contributed by atoms with van der Waals surface area (Å²) in [6, 6.07) is 15.0. The van der Waals surface area contributed by atoms with Gasteiger partial charge in [0.05, 0.1) is 11.5 Å². The molecule has 4 N–H and O–H groups in total. The van der Waals surface area contributed by atoms with E-state index >= 15 is 0 Å². The molecule has 132 valence electrons. The number of benzene rings is 2. The Morgan fingerprint density at radius 2 is 1.84 bits per heavy atom. The van der Waals surface area contributed by atoms with Gasteiger partial charge in [0.2, 0.25) is 0 Å². The van der Waals surface area contributed by atoms with Gasteiger partial charge in [-0.1, -0.05) is 24.3 Å². The summed E-state index contributed by atoms with van der Waals surface area (Å²) in [5.41, 5.74) is 14.8. The first-order valence-electron chi connectivity index (χ1n) is 8.49. The average Bonchev–Trinajstić information content (AvgIpc) is 2.63. The van der Waals surface area contributed by atoms with Crippen LogP contribution in [0.4, 0.5) is 11.4 Å². The first-order chi connectivity index (χ1) is 12.0. The van der Waals surface area contributed by atoms with Gasteiger partial charge in [0.25, 0.3) is 5.91 Å². The summed E-state index contributed by atoms with van der Waals surface area (Å²) in [5.74, 6) is 0.529. The van der Waals surface area contributed by atoms with E-state index in [1.54, 1.807) is 11.9 Å². The van der Waals surface area contributed by atoms with E-state index in [-0.39, 0.29) is 5.91 Å². The number of nitrogens with two attached hydrogens (primary N) is 2. The van der Waals surface area contributed by atoms with Crippen LogP contribution in [0.1, 0.15) is 35.2 Å². The normalized spacial score (nSPS) is 11.4. The van der Waals surface area contributed by atoms with E-state index in [9.17, 15) is 4.79 Å². The van der Waals surface area contributed by atoms with Crippen LogP contribution in [-0.2, 0) is 0 Å². The largest absolute Gasteiger partial charge is 0.387 e. The lowest BCUT2D eigenvalue weighted by atomic mass is 10.1. The summed E-state index contributed by atoms with van der Waals surface area (Å²) < 4.78 is 0. The van der Waals surface area contributed by atoms with Crippen LogP contribution in [0.15, 0.2) is 53.5 Å². The number of aryl methyl sites for hydroxylation is 1. The van der Waals surface area contributed by atoms with E-state index in [1.165, 1.54) is 0 Å². The number of hydrogen-bond acceptors (Lipinski definition) is 3. The first kappa shape index (κ1) is 18.7. The lowest BCUT2D eigenvalue weighted by Gasteiger charge is -2.18. The maximum atomic E-state index is 12.6. The highest BCUT2D eigenvalue weighted by molar-refractivity contribution is 6.06. The summed E-state index contributed by atoms with van der Waals surface area (Å²) in [6.07, 6.45) is 2.58. The fraction of sp³-hybridized carbons (Fsp3) is 0.300. The number of hydrogen-bond donors (Lipinski definition) is 2. The van der Waals surface area contributed by atoms with Gasteiger partial charge in [-0.05, 0) is 56.1 Å². The van der Waals surface area contributed by atoms with Crippen LogP contribution in [0.25, 0.3) is 0 Å². The van der Waals surface area contributed by atoms with Crippen LogP contribution in [0.2, 0.25) is 0 Å². The van der Waals surface area contributed by atoms with Crippen molar-refractivity contribution in [2.75, 3.05) is 18.5 Å². The minimum absolute atomic E-state index is 0.0599. The average molecular weight is 338 g/mol. The fourth-order valence-electron chi connectivity index (χ4n) is 2.48. The summed E-state index contributed by atoms with van der Waals surface area (Å²) in [5, 5.41) is 0. The molecule has 0 aliphatic heterocycles. The Balaban J connectivity index is 2.20. The Labute approximate surface area is 149 Å². The zero-order valence-electron chi connectivity index (χ0n) is 14.9. The molecule has 0 heterocycles. The van der Waals surface area contributed by atoms with Gasteiger partial charge in [-0.25, -0.2) is 4.99 Å². The van der Waals surface area contributed by atoms with Crippen molar-refractivity contribution in [3.8, 4) is 0 Å². The second-order valence-corrected chi connectivity index (χ2v) is 6.05. The highest BCUT2D eigenvalue weighted by atomic mass is 16.2. The number of rotatable bonds is 7. The Kier molecular flexibility index (Phi) is 6.71. The molecular weight excluding hydrogens is 312 g/mol. The van der Waals surface area contributed by atoms with Gasteiger partial charge >= 0.3 is 0 Å². The minimum atomic E-state index is -0.0599. The van der Waals surface area contributed by atoms with Crippen molar-refractivity contribution in [1.29, 1.82) is 0 Å². The van der Waals surface area contributed by atoms with Gasteiger partial charge in [-0.2, -0.15) is 0 Å². The molecule has 5 nitrogen and oxygen atoms in total. The molecule has 0 radical (unpaired) electrons. The van der Waals surface area contributed by atoms with Gasteiger partial charge in [0, 0.05) is 24.7 Å². The van der Waals surface area contributed by atoms with Gasteiger partial charge in [-0.15, -0.1) is 0 Å². The SMILES string of the molecule is Cc1ccc(N(C)C(=O)c2ccccc2)cc1N=C(N)CCCCN. The molecule has 0 fully saturated rings. The smallest absolute Gasteiger partial charge is 0.258 e. The predicted molar refractivity (Wildman–Crippen MR) is 105 cm³/mol. The summed E-state index contributed by atoms with van der Waals surface area (Å²) in [6.45, 7) is 2.64. The molecule has 0 bridgehead atoms. The molecule has 0 unspecified atom stereocenters. The Morgan fingerprint density at radius 3 is 2.52 bits per heavy atom. The van der Waals surface area contributed by atoms with Gasteiger partial charge in [-0.3, -0.25) is 4.79 Å². The summed E-state index contributed by atoms with van der Waals surface area (Å²) >= 11 is 0. The minimum Gasteiger partial charge on any atom is -0.387 e. The number of anilines is 1. The molecule has 0 saturated carbocycles.